The van der Waals surface area contributed by atoms with Crippen molar-refractivity contribution in [2.45, 2.75) is 25.9 Å². The molecule has 0 aliphatic carbocycles. The summed E-state index contributed by atoms with van der Waals surface area (Å²) in [6, 6.07) is 20.7. The van der Waals surface area contributed by atoms with E-state index in [1.807, 2.05) is 48.5 Å². The summed E-state index contributed by atoms with van der Waals surface area (Å²) in [5.41, 5.74) is 1.50. The molecule has 0 bridgehead atoms. The van der Waals surface area contributed by atoms with E-state index in [0.717, 1.165) is 11.3 Å². The lowest BCUT2D eigenvalue weighted by Crippen LogP contribution is -2.30. The number of carbonyl (C=O) groups excluding carboxylic acids is 1. The Kier molecular flexibility index (Phi) is 5.52. The third kappa shape index (κ3) is 4.60. The molecule has 2 aromatic heterocycles. The summed E-state index contributed by atoms with van der Waals surface area (Å²) >= 11 is 0. The number of furan rings is 1. The summed E-state index contributed by atoms with van der Waals surface area (Å²) in [5.74, 6) is 1.22. The normalized spacial score (nSPS) is 10.9. The predicted octanol–water partition coefficient (Wildman–Crippen LogP) is 3.68. The molecule has 6 heteroatoms. The number of nitrogens with zero attached hydrogens (tertiary/aromatic N) is 2. The van der Waals surface area contributed by atoms with E-state index in [2.05, 4.69) is 9.97 Å². The number of amides is 1. The maximum absolute atomic E-state index is 13.0. The second kappa shape index (κ2) is 8.56. The molecular weight excluding hydrogens is 366 g/mol. The Morgan fingerprint density at radius 3 is 2.55 bits per heavy atom. The SMILES string of the molecule is O=C(CCc1nc2ccccc2c(=O)[nH]1)N(Cc1ccccc1)Cc1ccco1. The van der Waals surface area contributed by atoms with Gasteiger partial charge in [0, 0.05) is 19.4 Å². The second-order valence-corrected chi connectivity index (χ2v) is 6.84. The summed E-state index contributed by atoms with van der Waals surface area (Å²) in [7, 11) is 0. The highest BCUT2D eigenvalue weighted by molar-refractivity contribution is 5.78. The van der Waals surface area contributed by atoms with Crippen LogP contribution in [0.3, 0.4) is 0 Å². The zero-order valence-corrected chi connectivity index (χ0v) is 15.9. The Labute approximate surface area is 167 Å². The minimum absolute atomic E-state index is 0.0268. The van der Waals surface area contributed by atoms with Gasteiger partial charge in [0.2, 0.25) is 5.91 Å². The molecule has 4 aromatic rings. The van der Waals surface area contributed by atoms with E-state index in [1.165, 1.54) is 0 Å². The van der Waals surface area contributed by atoms with Crippen LogP contribution in [0, 0.1) is 0 Å². The molecule has 0 aliphatic heterocycles. The zero-order valence-electron chi connectivity index (χ0n) is 15.9. The van der Waals surface area contributed by atoms with Crippen molar-refractivity contribution in [2.24, 2.45) is 0 Å². The highest BCUT2D eigenvalue weighted by atomic mass is 16.3. The fourth-order valence-corrected chi connectivity index (χ4v) is 3.26. The summed E-state index contributed by atoms with van der Waals surface area (Å²) in [4.78, 5) is 34.2. The van der Waals surface area contributed by atoms with Gasteiger partial charge in [0.1, 0.15) is 11.6 Å². The minimum Gasteiger partial charge on any atom is -0.467 e. The zero-order chi connectivity index (χ0) is 20.1. The van der Waals surface area contributed by atoms with Crippen LogP contribution in [0.2, 0.25) is 0 Å². The molecule has 0 unspecified atom stereocenters. The van der Waals surface area contributed by atoms with Crippen molar-refractivity contribution >= 4 is 16.8 Å². The first-order valence-corrected chi connectivity index (χ1v) is 9.51. The number of H-pyrrole nitrogens is 1. The summed E-state index contributed by atoms with van der Waals surface area (Å²) in [6.07, 6.45) is 2.21. The number of aromatic nitrogens is 2. The van der Waals surface area contributed by atoms with Crippen LogP contribution in [0.1, 0.15) is 23.6 Å². The minimum atomic E-state index is -0.185. The Morgan fingerprint density at radius 1 is 0.966 bits per heavy atom. The van der Waals surface area contributed by atoms with Gasteiger partial charge in [-0.05, 0) is 29.8 Å². The van der Waals surface area contributed by atoms with E-state index in [1.54, 1.807) is 29.4 Å². The molecule has 0 spiro atoms. The van der Waals surface area contributed by atoms with Crippen LogP contribution in [0.25, 0.3) is 10.9 Å². The molecule has 2 heterocycles. The van der Waals surface area contributed by atoms with E-state index >= 15 is 0 Å². The van der Waals surface area contributed by atoms with E-state index in [-0.39, 0.29) is 17.9 Å². The third-order valence-corrected chi connectivity index (χ3v) is 4.73. The number of para-hydroxylation sites is 1. The molecule has 0 fully saturated rings. The van der Waals surface area contributed by atoms with E-state index in [0.29, 0.717) is 36.2 Å². The van der Waals surface area contributed by atoms with Crippen molar-refractivity contribution in [3.8, 4) is 0 Å². The topological polar surface area (TPSA) is 79.2 Å². The largest absolute Gasteiger partial charge is 0.467 e. The van der Waals surface area contributed by atoms with Crippen molar-refractivity contribution in [2.75, 3.05) is 0 Å². The molecule has 1 N–H and O–H groups in total. The Hall–Kier alpha value is -3.67. The van der Waals surface area contributed by atoms with Crippen molar-refractivity contribution in [3.63, 3.8) is 0 Å². The summed E-state index contributed by atoms with van der Waals surface area (Å²) in [6.45, 7) is 0.879. The first-order valence-electron chi connectivity index (χ1n) is 9.51. The molecule has 0 saturated carbocycles. The van der Waals surface area contributed by atoms with Gasteiger partial charge in [-0.1, -0.05) is 42.5 Å². The predicted molar refractivity (Wildman–Crippen MR) is 110 cm³/mol. The van der Waals surface area contributed by atoms with Crippen LogP contribution in [0.5, 0.6) is 0 Å². The number of hydrogen-bond donors (Lipinski definition) is 1. The Morgan fingerprint density at radius 2 is 1.76 bits per heavy atom. The van der Waals surface area contributed by atoms with Gasteiger partial charge in [-0.25, -0.2) is 4.98 Å². The van der Waals surface area contributed by atoms with Gasteiger partial charge < -0.3 is 14.3 Å². The summed E-state index contributed by atoms with van der Waals surface area (Å²) < 4.78 is 5.42. The van der Waals surface area contributed by atoms with E-state index < -0.39 is 0 Å². The van der Waals surface area contributed by atoms with Gasteiger partial charge in [0.15, 0.2) is 0 Å². The fourth-order valence-electron chi connectivity index (χ4n) is 3.26. The van der Waals surface area contributed by atoms with Gasteiger partial charge in [-0.2, -0.15) is 0 Å². The Bertz CT molecular complexity index is 1150. The number of fused-ring (bicyclic) bond motifs is 1. The molecule has 6 nitrogen and oxygen atoms in total. The summed E-state index contributed by atoms with van der Waals surface area (Å²) in [5, 5.41) is 0.547. The van der Waals surface area contributed by atoms with Gasteiger partial charge >= 0.3 is 0 Å². The lowest BCUT2D eigenvalue weighted by Gasteiger charge is -2.22. The van der Waals surface area contributed by atoms with Gasteiger partial charge in [-0.3, -0.25) is 9.59 Å². The number of aryl methyl sites for hydroxylation is 1. The molecule has 0 aliphatic rings. The van der Waals surface area contributed by atoms with Gasteiger partial charge in [0.05, 0.1) is 23.7 Å². The molecule has 0 atom stereocenters. The molecule has 29 heavy (non-hydrogen) atoms. The molecule has 4 rings (SSSR count). The number of aromatic amines is 1. The molecule has 146 valence electrons. The smallest absolute Gasteiger partial charge is 0.258 e. The van der Waals surface area contributed by atoms with Crippen LogP contribution < -0.4 is 5.56 Å². The lowest BCUT2D eigenvalue weighted by atomic mass is 10.2. The number of nitrogens with one attached hydrogen (secondary N) is 1. The molecule has 0 radical (unpaired) electrons. The maximum atomic E-state index is 13.0. The second-order valence-electron chi connectivity index (χ2n) is 6.84. The number of hydrogen-bond acceptors (Lipinski definition) is 4. The first-order chi connectivity index (χ1) is 14.2. The van der Waals surface area contributed by atoms with Crippen LogP contribution in [-0.4, -0.2) is 20.8 Å². The maximum Gasteiger partial charge on any atom is 0.258 e. The standard InChI is InChI=1S/C23H21N3O3/c27-22(13-12-21-24-20-11-5-4-10-19(20)23(28)25-21)26(16-18-9-6-14-29-18)15-17-7-2-1-3-8-17/h1-11,14H,12-13,15-16H2,(H,24,25,28). The average Bonchev–Trinajstić information content (AvgIpc) is 3.25. The van der Waals surface area contributed by atoms with Crippen molar-refractivity contribution in [1.82, 2.24) is 14.9 Å². The monoisotopic (exact) mass is 387 g/mol. The van der Waals surface area contributed by atoms with Gasteiger partial charge in [-0.15, -0.1) is 0 Å². The number of rotatable bonds is 7. The van der Waals surface area contributed by atoms with Crippen molar-refractivity contribution in [1.29, 1.82) is 0 Å². The first kappa shape index (κ1) is 18.7. The highest BCUT2D eigenvalue weighted by Gasteiger charge is 2.17. The van der Waals surface area contributed by atoms with Crippen molar-refractivity contribution < 1.29 is 9.21 Å². The molecular formula is C23H21N3O3. The Balaban J connectivity index is 1.49. The van der Waals surface area contributed by atoms with Crippen molar-refractivity contribution in [3.05, 3.63) is 100 Å². The quantitative estimate of drug-likeness (QED) is 0.525. The van der Waals surface area contributed by atoms with E-state index in [9.17, 15) is 9.59 Å². The number of carbonyl (C=O) groups is 1. The average molecular weight is 387 g/mol. The van der Waals surface area contributed by atoms with Gasteiger partial charge in [0.25, 0.3) is 5.56 Å². The lowest BCUT2D eigenvalue weighted by molar-refractivity contribution is -0.132. The molecule has 0 saturated heterocycles. The van der Waals surface area contributed by atoms with Crippen LogP contribution in [0.4, 0.5) is 0 Å². The van der Waals surface area contributed by atoms with Crippen LogP contribution in [0.15, 0.2) is 82.2 Å². The van der Waals surface area contributed by atoms with E-state index in [4.69, 9.17) is 4.42 Å². The molecule has 2 aromatic carbocycles. The number of benzene rings is 2. The van der Waals surface area contributed by atoms with Crippen LogP contribution in [-0.2, 0) is 24.3 Å². The third-order valence-electron chi connectivity index (χ3n) is 4.73. The van der Waals surface area contributed by atoms with Crippen LogP contribution >= 0.6 is 0 Å². The highest BCUT2D eigenvalue weighted by Crippen LogP contribution is 2.13. The molecule has 1 amide bonds. The fraction of sp³-hybridized carbons (Fsp3) is 0.174.